The van der Waals surface area contributed by atoms with Gasteiger partial charge in [0.05, 0.1) is 5.56 Å². The summed E-state index contributed by atoms with van der Waals surface area (Å²) in [5, 5.41) is 2.83. The lowest BCUT2D eigenvalue weighted by molar-refractivity contribution is 0.102. The molecular formula is C24H23BrFN3O. The molecule has 0 bridgehead atoms. The monoisotopic (exact) mass is 467 g/mol. The van der Waals surface area contributed by atoms with E-state index < -0.39 is 5.82 Å². The van der Waals surface area contributed by atoms with Gasteiger partial charge in [-0.25, -0.2) is 4.39 Å². The molecule has 0 radical (unpaired) electrons. The van der Waals surface area contributed by atoms with Gasteiger partial charge in [0.2, 0.25) is 0 Å². The second-order valence-electron chi connectivity index (χ2n) is 7.37. The smallest absolute Gasteiger partial charge is 0.256 e. The standard InChI is InChI=1S/C24H23BrFN3O/c25-23-11-6-19(26)16-22(23)24(30)27-20-7-9-21(10-8-20)29-14-12-28(13-15-29)17-18-4-2-1-3-5-18/h1-11,16H,12-15,17H2,(H,27,30). The summed E-state index contributed by atoms with van der Waals surface area (Å²) in [6, 6.07) is 22.4. The first-order chi connectivity index (χ1) is 14.6. The third-order valence-corrected chi connectivity index (χ3v) is 5.98. The Morgan fingerprint density at radius 2 is 1.63 bits per heavy atom. The van der Waals surface area contributed by atoms with Crippen LogP contribution in [0.25, 0.3) is 0 Å². The van der Waals surface area contributed by atoms with E-state index in [4.69, 9.17) is 0 Å². The molecule has 30 heavy (non-hydrogen) atoms. The Balaban J connectivity index is 1.33. The summed E-state index contributed by atoms with van der Waals surface area (Å²) in [7, 11) is 0. The molecule has 0 atom stereocenters. The zero-order valence-corrected chi connectivity index (χ0v) is 18.1. The number of hydrogen-bond acceptors (Lipinski definition) is 3. The Bertz CT molecular complexity index is 1000. The van der Waals surface area contributed by atoms with Crippen molar-refractivity contribution in [2.75, 3.05) is 36.4 Å². The summed E-state index contributed by atoms with van der Waals surface area (Å²) in [4.78, 5) is 17.3. The van der Waals surface area contributed by atoms with Gasteiger partial charge in [0.25, 0.3) is 5.91 Å². The predicted molar refractivity (Wildman–Crippen MR) is 122 cm³/mol. The van der Waals surface area contributed by atoms with Crippen LogP contribution in [0.2, 0.25) is 0 Å². The first kappa shape index (κ1) is 20.6. The maximum atomic E-state index is 13.4. The molecular weight excluding hydrogens is 445 g/mol. The van der Waals surface area contributed by atoms with E-state index in [1.807, 2.05) is 30.3 Å². The molecule has 3 aromatic rings. The Kier molecular flexibility index (Phi) is 6.45. The number of amides is 1. The number of piperazine rings is 1. The lowest BCUT2D eigenvalue weighted by Gasteiger charge is -2.36. The summed E-state index contributed by atoms with van der Waals surface area (Å²) in [6.45, 7) is 4.95. The average molecular weight is 468 g/mol. The molecule has 0 unspecified atom stereocenters. The van der Waals surface area contributed by atoms with Crippen molar-refractivity contribution in [3.63, 3.8) is 0 Å². The fourth-order valence-corrected chi connectivity index (χ4v) is 4.06. The lowest BCUT2D eigenvalue weighted by atomic mass is 10.1. The van der Waals surface area contributed by atoms with E-state index in [1.165, 1.54) is 23.8 Å². The molecule has 1 aliphatic heterocycles. The quantitative estimate of drug-likeness (QED) is 0.562. The number of benzene rings is 3. The molecule has 0 aromatic heterocycles. The molecule has 1 heterocycles. The van der Waals surface area contributed by atoms with Gasteiger partial charge in [0, 0.05) is 48.6 Å². The van der Waals surface area contributed by atoms with Crippen molar-refractivity contribution < 1.29 is 9.18 Å². The van der Waals surface area contributed by atoms with Crippen LogP contribution in [0, 0.1) is 5.82 Å². The van der Waals surface area contributed by atoms with E-state index in [9.17, 15) is 9.18 Å². The Labute approximate surface area is 184 Å². The van der Waals surface area contributed by atoms with Crippen LogP contribution in [0.3, 0.4) is 0 Å². The van der Waals surface area contributed by atoms with E-state index >= 15 is 0 Å². The lowest BCUT2D eigenvalue weighted by Crippen LogP contribution is -2.45. The topological polar surface area (TPSA) is 35.6 Å². The van der Waals surface area contributed by atoms with Crippen LogP contribution in [0.4, 0.5) is 15.8 Å². The molecule has 1 amide bonds. The summed E-state index contributed by atoms with van der Waals surface area (Å²) in [5.41, 5.74) is 3.44. The van der Waals surface area contributed by atoms with Crippen LogP contribution in [0.15, 0.2) is 77.3 Å². The van der Waals surface area contributed by atoms with Crippen LogP contribution < -0.4 is 10.2 Å². The van der Waals surface area contributed by atoms with Crippen molar-refractivity contribution in [1.82, 2.24) is 4.90 Å². The first-order valence-corrected chi connectivity index (χ1v) is 10.8. The average Bonchev–Trinajstić information content (AvgIpc) is 2.77. The largest absolute Gasteiger partial charge is 0.369 e. The number of nitrogens with zero attached hydrogens (tertiary/aromatic N) is 2. The molecule has 6 heteroatoms. The van der Waals surface area contributed by atoms with Gasteiger partial charge in [-0.1, -0.05) is 30.3 Å². The highest BCUT2D eigenvalue weighted by molar-refractivity contribution is 9.10. The van der Waals surface area contributed by atoms with Crippen LogP contribution in [-0.2, 0) is 6.54 Å². The van der Waals surface area contributed by atoms with Gasteiger partial charge in [-0.15, -0.1) is 0 Å². The molecule has 1 aliphatic rings. The minimum absolute atomic E-state index is 0.272. The normalized spacial score (nSPS) is 14.5. The van der Waals surface area contributed by atoms with Gasteiger partial charge < -0.3 is 10.2 Å². The van der Waals surface area contributed by atoms with E-state index in [-0.39, 0.29) is 11.5 Å². The van der Waals surface area contributed by atoms with E-state index in [0.717, 1.165) is 38.4 Å². The second kappa shape index (κ2) is 9.41. The van der Waals surface area contributed by atoms with Crippen LogP contribution >= 0.6 is 15.9 Å². The number of hydrogen-bond donors (Lipinski definition) is 1. The Morgan fingerprint density at radius 3 is 2.33 bits per heavy atom. The van der Waals surface area contributed by atoms with Gasteiger partial charge in [-0.2, -0.15) is 0 Å². The van der Waals surface area contributed by atoms with Crippen molar-refractivity contribution >= 4 is 33.2 Å². The highest BCUT2D eigenvalue weighted by Gasteiger charge is 2.17. The molecule has 4 rings (SSSR count). The van der Waals surface area contributed by atoms with Gasteiger partial charge in [-0.3, -0.25) is 9.69 Å². The zero-order valence-electron chi connectivity index (χ0n) is 16.5. The number of anilines is 2. The number of nitrogens with one attached hydrogen (secondary N) is 1. The van der Waals surface area contributed by atoms with Gasteiger partial charge in [0.15, 0.2) is 0 Å². The van der Waals surface area contributed by atoms with Crippen molar-refractivity contribution in [2.45, 2.75) is 6.54 Å². The number of carbonyl (C=O) groups excluding carboxylic acids is 1. The molecule has 3 aromatic carbocycles. The third-order valence-electron chi connectivity index (χ3n) is 5.28. The maximum Gasteiger partial charge on any atom is 0.256 e. The first-order valence-electron chi connectivity index (χ1n) is 9.96. The Morgan fingerprint density at radius 1 is 0.933 bits per heavy atom. The molecule has 1 N–H and O–H groups in total. The Hall–Kier alpha value is -2.70. The SMILES string of the molecule is O=C(Nc1ccc(N2CCN(Cc3ccccc3)CC2)cc1)c1cc(F)ccc1Br. The number of rotatable bonds is 5. The minimum atomic E-state index is -0.440. The fourth-order valence-electron chi connectivity index (χ4n) is 3.63. The van der Waals surface area contributed by atoms with Crippen molar-refractivity contribution in [1.29, 1.82) is 0 Å². The third kappa shape index (κ3) is 5.07. The summed E-state index contributed by atoms with van der Waals surface area (Å²) >= 11 is 3.30. The minimum Gasteiger partial charge on any atom is -0.369 e. The van der Waals surface area contributed by atoms with Crippen LogP contribution in [-0.4, -0.2) is 37.0 Å². The van der Waals surface area contributed by atoms with Gasteiger partial charge in [-0.05, 0) is 64.0 Å². The molecule has 0 spiro atoms. The highest BCUT2D eigenvalue weighted by Crippen LogP contribution is 2.22. The summed E-state index contributed by atoms with van der Waals surface area (Å²) in [5.74, 6) is -0.784. The van der Waals surface area contributed by atoms with E-state index in [0.29, 0.717) is 10.2 Å². The summed E-state index contributed by atoms with van der Waals surface area (Å²) in [6.07, 6.45) is 0. The highest BCUT2D eigenvalue weighted by atomic mass is 79.9. The zero-order chi connectivity index (χ0) is 20.9. The van der Waals surface area contributed by atoms with Crippen molar-refractivity contribution in [3.8, 4) is 0 Å². The molecule has 154 valence electrons. The number of halogens is 2. The molecule has 0 saturated carbocycles. The van der Waals surface area contributed by atoms with E-state index in [2.05, 4.69) is 55.3 Å². The van der Waals surface area contributed by atoms with E-state index in [1.54, 1.807) is 0 Å². The molecule has 4 nitrogen and oxygen atoms in total. The van der Waals surface area contributed by atoms with Crippen molar-refractivity contribution in [3.05, 3.63) is 94.2 Å². The predicted octanol–water partition coefficient (Wildman–Crippen LogP) is 5.16. The molecule has 1 saturated heterocycles. The fraction of sp³-hybridized carbons (Fsp3) is 0.208. The van der Waals surface area contributed by atoms with Gasteiger partial charge in [0.1, 0.15) is 5.82 Å². The number of carbonyl (C=O) groups is 1. The van der Waals surface area contributed by atoms with Crippen molar-refractivity contribution in [2.24, 2.45) is 0 Å². The maximum absolute atomic E-state index is 13.4. The molecule has 0 aliphatic carbocycles. The van der Waals surface area contributed by atoms with Crippen LogP contribution in [0.5, 0.6) is 0 Å². The van der Waals surface area contributed by atoms with Gasteiger partial charge >= 0.3 is 0 Å². The second-order valence-corrected chi connectivity index (χ2v) is 8.23. The molecule has 1 fully saturated rings. The van der Waals surface area contributed by atoms with Crippen LogP contribution in [0.1, 0.15) is 15.9 Å². The summed E-state index contributed by atoms with van der Waals surface area (Å²) < 4.78 is 14.0.